The van der Waals surface area contributed by atoms with Gasteiger partial charge in [0.1, 0.15) is 5.01 Å². The summed E-state index contributed by atoms with van der Waals surface area (Å²) in [5, 5.41) is 6.67. The number of rotatable bonds is 4. The summed E-state index contributed by atoms with van der Waals surface area (Å²) in [5.41, 5.74) is 2.21. The molecule has 8 heteroatoms. The van der Waals surface area contributed by atoms with Gasteiger partial charge in [-0.05, 0) is 12.3 Å². The monoisotopic (exact) mass is 522 g/mol. The lowest BCUT2D eigenvalue weighted by molar-refractivity contribution is 0.189. The summed E-state index contributed by atoms with van der Waals surface area (Å²) in [6.07, 6.45) is 6.96. The number of thiazole rings is 1. The van der Waals surface area contributed by atoms with Crippen LogP contribution in [0.1, 0.15) is 25.1 Å². The van der Waals surface area contributed by atoms with Gasteiger partial charge in [0.2, 0.25) is 0 Å². The van der Waals surface area contributed by atoms with Gasteiger partial charge in [-0.1, -0.05) is 37.3 Å². The lowest BCUT2D eigenvalue weighted by Crippen LogP contribution is -2.48. The van der Waals surface area contributed by atoms with E-state index in [1.54, 1.807) is 11.3 Å². The third kappa shape index (κ3) is 5.16. The summed E-state index contributed by atoms with van der Waals surface area (Å²) in [7, 11) is 1.85. The molecule has 0 amide bonds. The molecule has 1 N–H and O–H groups in total. The molecule has 1 aliphatic heterocycles. The van der Waals surface area contributed by atoms with Crippen molar-refractivity contribution in [1.29, 1.82) is 0 Å². The van der Waals surface area contributed by atoms with Crippen LogP contribution in [0.5, 0.6) is 0 Å². The average Bonchev–Trinajstić information content (AvgIpc) is 3.42. The van der Waals surface area contributed by atoms with E-state index >= 15 is 0 Å². The molecule has 0 aliphatic carbocycles. The van der Waals surface area contributed by atoms with Gasteiger partial charge < -0.3 is 14.8 Å². The second kappa shape index (κ2) is 10.2. The van der Waals surface area contributed by atoms with E-state index in [0.717, 1.165) is 41.7 Å². The van der Waals surface area contributed by atoms with E-state index < -0.39 is 0 Å². The molecule has 0 saturated carbocycles. The van der Waals surface area contributed by atoms with Crippen molar-refractivity contribution in [2.45, 2.75) is 25.9 Å². The summed E-state index contributed by atoms with van der Waals surface area (Å²) in [6.45, 7) is 4.94. The SMILES string of the molecule is CN=C(NCc1csc(-c2ccccc2)n1)N1CCC(C)C(n2ccnc2)C1.I. The fraction of sp³-hybridized carbons (Fsp3) is 0.381. The molecular formula is C21H27IN6S. The molecule has 6 nitrogen and oxygen atoms in total. The number of halogens is 1. The Morgan fingerprint density at radius 1 is 1.31 bits per heavy atom. The van der Waals surface area contributed by atoms with E-state index in [4.69, 9.17) is 4.98 Å². The second-order valence-electron chi connectivity index (χ2n) is 7.20. The van der Waals surface area contributed by atoms with Crippen LogP contribution in [0, 0.1) is 5.92 Å². The Balaban J connectivity index is 0.00000240. The minimum atomic E-state index is 0. The minimum absolute atomic E-state index is 0. The smallest absolute Gasteiger partial charge is 0.194 e. The number of piperidine rings is 1. The Morgan fingerprint density at radius 3 is 2.86 bits per heavy atom. The maximum absolute atomic E-state index is 4.77. The van der Waals surface area contributed by atoms with Gasteiger partial charge in [0.25, 0.3) is 0 Å². The van der Waals surface area contributed by atoms with Crippen molar-refractivity contribution < 1.29 is 0 Å². The highest BCUT2D eigenvalue weighted by Gasteiger charge is 2.28. The molecule has 0 bridgehead atoms. The first-order valence-electron chi connectivity index (χ1n) is 9.67. The third-order valence-corrected chi connectivity index (χ3v) is 6.28. The van der Waals surface area contributed by atoms with Crippen molar-refractivity contribution in [2.75, 3.05) is 20.1 Å². The molecule has 154 valence electrons. The molecule has 2 aromatic heterocycles. The molecule has 0 spiro atoms. The van der Waals surface area contributed by atoms with Crippen LogP contribution in [0.4, 0.5) is 0 Å². The van der Waals surface area contributed by atoms with E-state index in [2.05, 4.69) is 55.4 Å². The van der Waals surface area contributed by atoms with Crippen LogP contribution in [-0.4, -0.2) is 45.5 Å². The Labute approximate surface area is 193 Å². The maximum atomic E-state index is 4.77. The highest BCUT2D eigenvalue weighted by molar-refractivity contribution is 14.0. The van der Waals surface area contributed by atoms with Gasteiger partial charge in [-0.3, -0.25) is 4.99 Å². The summed E-state index contributed by atoms with van der Waals surface area (Å²) in [4.78, 5) is 15.8. The molecule has 1 fully saturated rings. The van der Waals surface area contributed by atoms with Crippen LogP contribution in [0.25, 0.3) is 10.6 Å². The van der Waals surface area contributed by atoms with Crippen LogP contribution in [0.15, 0.2) is 59.4 Å². The number of nitrogens with zero attached hydrogens (tertiary/aromatic N) is 5. The molecule has 29 heavy (non-hydrogen) atoms. The number of hydrogen-bond donors (Lipinski definition) is 1. The number of likely N-dealkylation sites (tertiary alicyclic amines) is 1. The lowest BCUT2D eigenvalue weighted by Gasteiger charge is -2.39. The van der Waals surface area contributed by atoms with Crippen molar-refractivity contribution in [2.24, 2.45) is 10.9 Å². The quantitative estimate of drug-likeness (QED) is 0.316. The van der Waals surface area contributed by atoms with Gasteiger partial charge in [0.15, 0.2) is 5.96 Å². The van der Waals surface area contributed by atoms with Gasteiger partial charge >= 0.3 is 0 Å². The average molecular weight is 522 g/mol. The van der Waals surface area contributed by atoms with Crippen LogP contribution < -0.4 is 5.32 Å². The highest BCUT2D eigenvalue weighted by atomic mass is 127. The van der Waals surface area contributed by atoms with Crippen LogP contribution in [0.2, 0.25) is 0 Å². The van der Waals surface area contributed by atoms with Gasteiger partial charge in [-0.2, -0.15) is 0 Å². The van der Waals surface area contributed by atoms with E-state index in [9.17, 15) is 0 Å². The number of benzene rings is 1. The fourth-order valence-electron chi connectivity index (χ4n) is 3.70. The summed E-state index contributed by atoms with van der Waals surface area (Å²) < 4.78 is 2.22. The second-order valence-corrected chi connectivity index (χ2v) is 8.06. The number of hydrogen-bond acceptors (Lipinski definition) is 4. The van der Waals surface area contributed by atoms with Gasteiger partial charge in [-0.25, -0.2) is 9.97 Å². The zero-order chi connectivity index (χ0) is 19.3. The number of aliphatic imine (C=N–C) groups is 1. The highest BCUT2D eigenvalue weighted by Crippen LogP contribution is 2.27. The molecule has 1 aromatic carbocycles. The Bertz CT molecular complexity index is 908. The number of aromatic nitrogens is 3. The predicted octanol–water partition coefficient (Wildman–Crippen LogP) is 4.28. The molecule has 3 aromatic rings. The molecule has 4 rings (SSSR count). The maximum Gasteiger partial charge on any atom is 0.194 e. The van der Waals surface area contributed by atoms with Crippen molar-refractivity contribution >= 4 is 41.3 Å². The Kier molecular flexibility index (Phi) is 7.65. The standard InChI is InChI=1S/C21H26N6S.HI/c1-16-8-10-26(13-19(16)27-11-9-23-15-27)21(22-2)24-12-18-14-28-20(25-18)17-6-4-3-5-7-17;/h3-7,9,11,14-16,19H,8,10,12-13H2,1-2H3,(H,22,24);1H. The lowest BCUT2D eigenvalue weighted by atomic mass is 9.93. The van der Waals surface area contributed by atoms with Crippen molar-refractivity contribution in [1.82, 2.24) is 24.8 Å². The summed E-state index contributed by atoms with van der Waals surface area (Å²) >= 11 is 1.68. The molecule has 2 unspecified atom stereocenters. The minimum Gasteiger partial charge on any atom is -0.351 e. The molecule has 2 atom stereocenters. The van der Waals surface area contributed by atoms with Gasteiger partial charge in [0, 0.05) is 43.5 Å². The first-order valence-corrected chi connectivity index (χ1v) is 10.6. The topological polar surface area (TPSA) is 58.3 Å². The largest absolute Gasteiger partial charge is 0.351 e. The van der Waals surface area contributed by atoms with Gasteiger partial charge in [-0.15, -0.1) is 35.3 Å². The summed E-state index contributed by atoms with van der Waals surface area (Å²) in [5.74, 6) is 1.56. The molecule has 1 aliphatic rings. The zero-order valence-corrected chi connectivity index (χ0v) is 19.9. The number of guanidine groups is 1. The fourth-order valence-corrected chi connectivity index (χ4v) is 4.52. The van der Waals surface area contributed by atoms with Crippen molar-refractivity contribution in [3.8, 4) is 10.6 Å². The van der Waals surface area contributed by atoms with Crippen LogP contribution in [0.3, 0.4) is 0 Å². The van der Waals surface area contributed by atoms with Gasteiger partial charge in [0.05, 0.1) is 24.6 Å². The van der Waals surface area contributed by atoms with E-state index in [-0.39, 0.29) is 24.0 Å². The van der Waals surface area contributed by atoms with E-state index in [1.165, 1.54) is 0 Å². The molecular weight excluding hydrogens is 495 g/mol. The van der Waals surface area contributed by atoms with Crippen molar-refractivity contribution in [3.63, 3.8) is 0 Å². The Hall–Kier alpha value is -1.94. The first-order chi connectivity index (χ1) is 13.7. The van der Waals surface area contributed by atoms with Crippen LogP contribution in [-0.2, 0) is 6.54 Å². The number of imidazole rings is 1. The normalized spacial score (nSPS) is 19.7. The number of nitrogens with one attached hydrogen (secondary N) is 1. The molecule has 1 saturated heterocycles. The zero-order valence-electron chi connectivity index (χ0n) is 16.7. The van der Waals surface area contributed by atoms with E-state index in [0.29, 0.717) is 18.5 Å². The third-order valence-electron chi connectivity index (χ3n) is 5.34. The Morgan fingerprint density at radius 2 is 2.14 bits per heavy atom. The summed E-state index contributed by atoms with van der Waals surface area (Å²) in [6, 6.07) is 10.7. The first kappa shape index (κ1) is 21.8. The van der Waals surface area contributed by atoms with Crippen LogP contribution >= 0.6 is 35.3 Å². The van der Waals surface area contributed by atoms with E-state index in [1.807, 2.05) is 37.8 Å². The van der Waals surface area contributed by atoms with Crippen molar-refractivity contribution in [3.05, 3.63) is 60.1 Å². The predicted molar refractivity (Wildman–Crippen MR) is 130 cm³/mol. The molecule has 3 heterocycles. The molecule has 0 radical (unpaired) electrons.